The van der Waals surface area contributed by atoms with E-state index in [-0.39, 0.29) is 24.0 Å². The maximum Gasteiger partial charge on any atom is 0.232 e. The minimum atomic E-state index is -0.829. The minimum Gasteiger partial charge on any atom is -0.497 e. The molecule has 0 radical (unpaired) electrons. The van der Waals surface area contributed by atoms with Crippen molar-refractivity contribution >= 4 is 11.6 Å². The molecule has 2 bridgehead atoms. The third kappa shape index (κ3) is 3.87. The lowest BCUT2D eigenvalue weighted by Crippen LogP contribution is -2.53. The Kier molecular flexibility index (Phi) is 6.26. The van der Waals surface area contributed by atoms with Gasteiger partial charge in [-0.2, -0.15) is 0 Å². The van der Waals surface area contributed by atoms with E-state index in [4.69, 9.17) is 18.9 Å². The number of likely N-dealkylation sites (tertiary alicyclic amines) is 1. The summed E-state index contributed by atoms with van der Waals surface area (Å²) in [5, 5.41) is 0. The fourth-order valence-electron chi connectivity index (χ4n) is 7.52. The van der Waals surface area contributed by atoms with Crippen molar-refractivity contribution in [3.63, 3.8) is 0 Å². The van der Waals surface area contributed by atoms with Gasteiger partial charge in [0.05, 0.1) is 31.0 Å². The zero-order valence-corrected chi connectivity index (χ0v) is 22.0. The Balaban J connectivity index is 1.46. The number of methoxy groups -OCH3 is 1. The molecule has 196 valence electrons. The van der Waals surface area contributed by atoms with Gasteiger partial charge in [-0.15, -0.1) is 6.58 Å². The second-order valence-electron chi connectivity index (χ2n) is 11.4. The lowest BCUT2D eigenvalue weighted by molar-refractivity contribution is -0.157. The van der Waals surface area contributed by atoms with Gasteiger partial charge < -0.3 is 18.8 Å². The summed E-state index contributed by atoms with van der Waals surface area (Å²) in [6, 6.07) is 12.1. The van der Waals surface area contributed by atoms with Gasteiger partial charge in [-0.25, -0.2) is 0 Å². The summed E-state index contributed by atoms with van der Waals surface area (Å²) in [5.74, 6) is 2.38. The molecule has 6 rings (SSSR count). The highest BCUT2D eigenvalue weighted by molar-refractivity contribution is 6.02. The Morgan fingerprint density at radius 2 is 1.97 bits per heavy atom. The molecule has 2 aliphatic heterocycles. The van der Waals surface area contributed by atoms with E-state index in [0.717, 1.165) is 36.5 Å². The molecule has 6 nitrogen and oxygen atoms in total. The molecule has 3 fully saturated rings. The second-order valence-corrected chi connectivity index (χ2v) is 11.4. The molecule has 2 aliphatic carbocycles. The number of hydrogen-bond acceptors (Lipinski definition) is 5. The molecule has 1 aromatic carbocycles. The number of hydrogen-bond donors (Lipinski definition) is 0. The first kappa shape index (κ1) is 24.5. The molecule has 1 saturated heterocycles. The van der Waals surface area contributed by atoms with Gasteiger partial charge >= 0.3 is 0 Å². The van der Waals surface area contributed by atoms with Gasteiger partial charge in [-0.3, -0.25) is 9.79 Å². The molecule has 1 amide bonds. The summed E-state index contributed by atoms with van der Waals surface area (Å²) >= 11 is 0. The summed E-state index contributed by atoms with van der Waals surface area (Å²) in [4.78, 5) is 21.9. The van der Waals surface area contributed by atoms with Crippen LogP contribution in [0.4, 0.5) is 0 Å². The van der Waals surface area contributed by atoms with Gasteiger partial charge in [0.25, 0.3) is 0 Å². The zero-order chi connectivity index (χ0) is 25.6. The highest BCUT2D eigenvalue weighted by atomic mass is 16.6. The van der Waals surface area contributed by atoms with Gasteiger partial charge in [0, 0.05) is 12.3 Å². The average molecular weight is 503 g/mol. The van der Waals surface area contributed by atoms with E-state index in [1.165, 1.54) is 24.8 Å². The fourth-order valence-corrected chi connectivity index (χ4v) is 7.52. The van der Waals surface area contributed by atoms with E-state index in [1.54, 1.807) is 13.4 Å². The van der Waals surface area contributed by atoms with Crippen molar-refractivity contribution in [1.29, 1.82) is 0 Å². The molecule has 0 N–H and O–H groups in total. The summed E-state index contributed by atoms with van der Waals surface area (Å²) < 4.78 is 18.2. The van der Waals surface area contributed by atoms with Gasteiger partial charge in [0.2, 0.25) is 5.91 Å². The molecular formula is C31H38N2O4. The summed E-state index contributed by atoms with van der Waals surface area (Å²) in [7, 11) is 1.69. The topological polar surface area (TPSA) is 64.3 Å². The standard InChI is InChI=1S/C31H38N2O4/c1-4-16-30-20-31(33(29(30)34)19-25-11-8-17-36-25)27(32-28(37-31)23-9-6-5-7-10-23)18-26(21(30)2)22-12-14-24(35-3)15-13-22/h4,8,11-15,17,21,23,26,28H,1,5-7,9-10,16,18-20H2,2-3H3/t21-,26+,28-,30+,31+/m1/s1. The van der Waals surface area contributed by atoms with Crippen LogP contribution in [0.5, 0.6) is 5.75 Å². The van der Waals surface area contributed by atoms with Crippen LogP contribution in [-0.2, 0) is 16.1 Å². The molecule has 2 saturated carbocycles. The molecule has 1 aromatic heterocycles. The molecule has 6 heteroatoms. The number of carbonyl (C=O) groups is 1. The molecule has 37 heavy (non-hydrogen) atoms. The van der Waals surface area contributed by atoms with E-state index in [0.29, 0.717) is 25.3 Å². The molecule has 4 aliphatic rings. The number of nitrogens with zero attached hydrogens (tertiary/aromatic N) is 2. The number of ether oxygens (including phenoxy) is 2. The van der Waals surface area contributed by atoms with Gasteiger partial charge in [0.15, 0.2) is 12.0 Å². The van der Waals surface area contributed by atoms with Crippen LogP contribution in [0.3, 0.4) is 0 Å². The molecular weight excluding hydrogens is 464 g/mol. The van der Waals surface area contributed by atoms with Gasteiger partial charge in [0.1, 0.15) is 11.5 Å². The first-order valence-electron chi connectivity index (χ1n) is 13.8. The maximum atomic E-state index is 14.6. The smallest absolute Gasteiger partial charge is 0.232 e. The Morgan fingerprint density at radius 1 is 1.19 bits per heavy atom. The van der Waals surface area contributed by atoms with Gasteiger partial charge in [-0.1, -0.05) is 44.4 Å². The lowest BCUT2D eigenvalue weighted by atomic mass is 9.66. The molecule has 2 aromatic rings. The predicted molar refractivity (Wildman–Crippen MR) is 142 cm³/mol. The predicted octanol–water partition coefficient (Wildman–Crippen LogP) is 6.48. The zero-order valence-electron chi connectivity index (χ0n) is 22.0. The van der Waals surface area contributed by atoms with Crippen LogP contribution >= 0.6 is 0 Å². The average Bonchev–Trinajstić information content (AvgIpc) is 3.61. The third-order valence-corrected chi connectivity index (χ3v) is 9.60. The number of furan rings is 1. The Bertz CT molecular complexity index is 1170. The lowest BCUT2D eigenvalue weighted by Gasteiger charge is -2.39. The van der Waals surface area contributed by atoms with Crippen LogP contribution in [0.1, 0.15) is 75.5 Å². The van der Waals surface area contributed by atoms with E-state index in [2.05, 4.69) is 25.6 Å². The molecule has 5 atom stereocenters. The minimum absolute atomic E-state index is 0.0786. The molecule has 3 heterocycles. The summed E-state index contributed by atoms with van der Waals surface area (Å²) in [6.07, 6.45) is 11.4. The van der Waals surface area contributed by atoms with Crippen molar-refractivity contribution in [2.75, 3.05) is 7.11 Å². The van der Waals surface area contributed by atoms with Crippen LogP contribution in [0, 0.1) is 17.3 Å². The Labute approximate surface area is 219 Å². The SMILES string of the molecule is C=CC[C@]12C[C@@]3(O[C@H](C4CCCCC4)N=C3C[C@H](c3ccc(OC)cc3)[C@H]1C)N(Cc1ccco1)C2=O. The number of aliphatic imine (C=N–C) groups is 1. The number of amides is 1. The Hall–Kier alpha value is -2.86. The van der Waals surface area contributed by atoms with Crippen molar-refractivity contribution in [1.82, 2.24) is 4.90 Å². The van der Waals surface area contributed by atoms with Crippen LogP contribution in [0.15, 0.2) is 64.7 Å². The highest BCUT2D eigenvalue weighted by Crippen LogP contribution is 2.61. The number of benzene rings is 1. The first-order valence-corrected chi connectivity index (χ1v) is 13.8. The number of fused-ring (bicyclic) bond motifs is 1. The van der Waals surface area contributed by atoms with Crippen LogP contribution in [-0.4, -0.2) is 35.6 Å². The fraction of sp³-hybridized carbons (Fsp3) is 0.548. The normalized spacial score (nSPS) is 33.7. The highest BCUT2D eigenvalue weighted by Gasteiger charge is 2.69. The quantitative estimate of drug-likeness (QED) is 0.407. The monoisotopic (exact) mass is 502 g/mol. The molecule has 1 spiro atoms. The van der Waals surface area contributed by atoms with Crippen molar-refractivity contribution in [3.05, 3.63) is 66.6 Å². The Morgan fingerprint density at radius 3 is 2.65 bits per heavy atom. The number of carbonyl (C=O) groups excluding carboxylic acids is 1. The third-order valence-electron chi connectivity index (χ3n) is 9.60. The summed E-state index contributed by atoms with van der Waals surface area (Å²) in [5.41, 5.74) is 0.801. The van der Waals surface area contributed by atoms with Crippen molar-refractivity contribution in [3.8, 4) is 5.75 Å². The number of allylic oxidation sites excluding steroid dienone is 1. The van der Waals surface area contributed by atoms with Crippen molar-refractivity contribution in [2.24, 2.45) is 22.2 Å². The molecule has 0 unspecified atom stereocenters. The van der Waals surface area contributed by atoms with E-state index in [1.807, 2.05) is 35.2 Å². The second kappa shape index (κ2) is 9.46. The number of rotatable bonds is 7. The first-order chi connectivity index (χ1) is 18.0. The van der Waals surface area contributed by atoms with Crippen LogP contribution in [0.2, 0.25) is 0 Å². The maximum absolute atomic E-state index is 14.6. The summed E-state index contributed by atoms with van der Waals surface area (Å²) in [6.45, 7) is 6.71. The van der Waals surface area contributed by atoms with Crippen molar-refractivity contribution in [2.45, 2.75) is 82.7 Å². The van der Waals surface area contributed by atoms with Crippen LogP contribution in [0.25, 0.3) is 0 Å². The van der Waals surface area contributed by atoms with Crippen molar-refractivity contribution < 1.29 is 18.7 Å². The van der Waals surface area contributed by atoms with E-state index >= 15 is 0 Å². The van der Waals surface area contributed by atoms with E-state index in [9.17, 15) is 4.79 Å². The van der Waals surface area contributed by atoms with Gasteiger partial charge in [-0.05, 0) is 67.3 Å². The largest absolute Gasteiger partial charge is 0.497 e. The van der Waals surface area contributed by atoms with E-state index < -0.39 is 11.1 Å². The van der Waals surface area contributed by atoms with Crippen LogP contribution < -0.4 is 4.74 Å².